The molecule has 0 amide bonds. The second-order valence-electron chi connectivity index (χ2n) is 6.26. The van der Waals surface area contributed by atoms with E-state index in [2.05, 4.69) is 6.07 Å². The summed E-state index contributed by atoms with van der Waals surface area (Å²) in [6.45, 7) is 2.40. The summed E-state index contributed by atoms with van der Waals surface area (Å²) in [7, 11) is 0. The highest BCUT2D eigenvalue weighted by atomic mass is 35.5. The lowest BCUT2D eigenvalue weighted by molar-refractivity contribution is 0.395. The molecule has 6 heteroatoms. The van der Waals surface area contributed by atoms with E-state index in [-0.39, 0.29) is 17.0 Å². The second-order valence-corrected chi connectivity index (χ2v) is 6.66. The molecule has 2 aromatic carbocycles. The molecule has 0 fully saturated rings. The average Bonchev–Trinajstić information content (AvgIpc) is 2.68. The third-order valence-electron chi connectivity index (χ3n) is 4.87. The van der Waals surface area contributed by atoms with Gasteiger partial charge in [0.05, 0.1) is 17.0 Å². The van der Waals surface area contributed by atoms with Crippen LogP contribution in [0.3, 0.4) is 0 Å². The van der Waals surface area contributed by atoms with Crippen molar-refractivity contribution in [2.24, 2.45) is 5.73 Å². The van der Waals surface area contributed by atoms with Gasteiger partial charge in [0.15, 0.2) is 0 Å². The van der Waals surface area contributed by atoms with E-state index in [1.54, 1.807) is 22.8 Å². The number of aromatic nitrogens is 1. The van der Waals surface area contributed by atoms with Gasteiger partial charge in [0.1, 0.15) is 17.4 Å². The number of allylic oxidation sites excluding steroid dienone is 1. The van der Waals surface area contributed by atoms with E-state index in [1.807, 2.05) is 37.3 Å². The number of benzene rings is 2. The number of nitrogens with zero attached hydrogens (tertiary/aromatic N) is 2. The Bertz CT molecular complexity index is 1200. The van der Waals surface area contributed by atoms with Crippen molar-refractivity contribution in [3.8, 4) is 11.8 Å². The van der Waals surface area contributed by atoms with Gasteiger partial charge in [-0.15, -0.1) is 0 Å². The van der Waals surface area contributed by atoms with Crippen molar-refractivity contribution in [3.63, 3.8) is 0 Å². The van der Waals surface area contributed by atoms with Crippen LogP contribution >= 0.6 is 11.6 Å². The minimum absolute atomic E-state index is 0.00581. The molecule has 5 nitrogen and oxygen atoms in total. The molecule has 2 heterocycles. The fourth-order valence-corrected chi connectivity index (χ4v) is 3.91. The van der Waals surface area contributed by atoms with E-state index in [0.29, 0.717) is 28.4 Å². The zero-order valence-corrected chi connectivity index (χ0v) is 15.3. The van der Waals surface area contributed by atoms with Gasteiger partial charge in [-0.3, -0.25) is 4.79 Å². The number of pyridine rings is 1. The zero-order valence-electron chi connectivity index (χ0n) is 14.6. The highest BCUT2D eigenvalue weighted by Gasteiger charge is 2.36. The molecule has 4 rings (SSSR count). The molecule has 0 spiro atoms. The minimum atomic E-state index is -0.678. The van der Waals surface area contributed by atoms with Crippen LogP contribution in [0.2, 0.25) is 5.02 Å². The van der Waals surface area contributed by atoms with Crippen LogP contribution in [-0.2, 0) is 6.54 Å². The van der Waals surface area contributed by atoms with Crippen LogP contribution in [-0.4, -0.2) is 4.57 Å². The van der Waals surface area contributed by atoms with E-state index in [0.717, 1.165) is 10.9 Å². The summed E-state index contributed by atoms with van der Waals surface area (Å²) >= 11 is 6.42. The second kappa shape index (κ2) is 6.49. The first-order chi connectivity index (χ1) is 13.1. The van der Waals surface area contributed by atoms with Gasteiger partial charge in [-0.1, -0.05) is 41.9 Å². The number of halogens is 1. The summed E-state index contributed by atoms with van der Waals surface area (Å²) in [4.78, 5) is 13.4. The van der Waals surface area contributed by atoms with Gasteiger partial charge in [0.2, 0.25) is 5.88 Å². The number of nitrogens with two attached hydrogens (primary N) is 1. The number of ether oxygens (including phenoxy) is 1. The smallest absolute Gasteiger partial charge is 0.259 e. The lowest BCUT2D eigenvalue weighted by Gasteiger charge is -2.28. The maximum atomic E-state index is 13.4. The van der Waals surface area contributed by atoms with Crippen LogP contribution in [0.1, 0.15) is 24.0 Å². The molecule has 1 unspecified atom stereocenters. The first-order valence-electron chi connectivity index (χ1n) is 8.55. The summed E-state index contributed by atoms with van der Waals surface area (Å²) in [5, 5.41) is 11.0. The fraction of sp³-hybridized carbons (Fsp3) is 0.143. The normalized spacial score (nSPS) is 16.0. The summed E-state index contributed by atoms with van der Waals surface area (Å²) in [6.07, 6.45) is 0. The number of hydrogen-bond acceptors (Lipinski definition) is 4. The van der Waals surface area contributed by atoms with E-state index >= 15 is 0 Å². The Morgan fingerprint density at radius 2 is 1.93 bits per heavy atom. The molecule has 0 saturated carbocycles. The highest BCUT2D eigenvalue weighted by molar-refractivity contribution is 6.31. The van der Waals surface area contributed by atoms with E-state index in [4.69, 9.17) is 22.1 Å². The maximum absolute atomic E-state index is 13.4. The first-order valence-corrected chi connectivity index (χ1v) is 8.93. The molecular formula is C21H16ClN3O2. The van der Waals surface area contributed by atoms with E-state index < -0.39 is 5.92 Å². The number of nitriles is 1. The Kier molecular flexibility index (Phi) is 4.14. The molecular weight excluding hydrogens is 362 g/mol. The van der Waals surface area contributed by atoms with E-state index in [9.17, 15) is 10.1 Å². The molecule has 0 aliphatic carbocycles. The average molecular weight is 378 g/mol. The van der Waals surface area contributed by atoms with Crippen LogP contribution in [0.4, 0.5) is 0 Å². The number of hydrogen-bond donors (Lipinski definition) is 1. The Morgan fingerprint density at radius 1 is 1.22 bits per heavy atom. The monoisotopic (exact) mass is 377 g/mol. The van der Waals surface area contributed by atoms with Gasteiger partial charge in [-0.05, 0) is 30.7 Å². The van der Waals surface area contributed by atoms with Gasteiger partial charge in [0, 0.05) is 17.0 Å². The largest absolute Gasteiger partial charge is 0.439 e. The predicted molar refractivity (Wildman–Crippen MR) is 105 cm³/mol. The van der Waals surface area contributed by atoms with Crippen molar-refractivity contribution < 1.29 is 4.74 Å². The Hall–Kier alpha value is -3.23. The molecule has 0 radical (unpaired) electrons. The topological polar surface area (TPSA) is 81.0 Å². The van der Waals surface area contributed by atoms with Crippen LogP contribution < -0.4 is 16.0 Å². The van der Waals surface area contributed by atoms with Crippen molar-refractivity contribution in [3.05, 3.63) is 86.5 Å². The summed E-state index contributed by atoms with van der Waals surface area (Å²) in [5.41, 5.74) is 7.84. The van der Waals surface area contributed by atoms with Crippen LogP contribution in [0, 0.1) is 11.3 Å². The van der Waals surface area contributed by atoms with Gasteiger partial charge < -0.3 is 15.0 Å². The Balaban J connectivity index is 2.17. The summed E-state index contributed by atoms with van der Waals surface area (Å²) in [6, 6.07) is 16.8. The summed E-state index contributed by atoms with van der Waals surface area (Å²) < 4.78 is 7.48. The van der Waals surface area contributed by atoms with Crippen LogP contribution in [0.15, 0.2) is 64.8 Å². The standard InChI is InChI=1S/C21H16ClN3O2/c1-2-25-16-10-6-4-8-13(16)19-18(21(25)26)17(14(11-23)20(24)27-19)12-7-3-5-9-15(12)22/h3-10,17H,2,24H2,1H3. The number of aryl methyl sites for hydroxylation is 1. The molecule has 1 aliphatic heterocycles. The number of para-hydroxylation sites is 1. The van der Waals surface area contributed by atoms with Gasteiger partial charge >= 0.3 is 0 Å². The molecule has 0 saturated heterocycles. The quantitative estimate of drug-likeness (QED) is 0.734. The summed E-state index contributed by atoms with van der Waals surface area (Å²) in [5.74, 6) is -0.294. The van der Waals surface area contributed by atoms with Crippen LogP contribution in [0.25, 0.3) is 10.9 Å². The van der Waals surface area contributed by atoms with Gasteiger partial charge in [-0.2, -0.15) is 5.26 Å². The zero-order chi connectivity index (χ0) is 19.1. The molecule has 1 aromatic heterocycles. The molecule has 3 aromatic rings. The third kappa shape index (κ3) is 2.49. The Morgan fingerprint density at radius 3 is 2.63 bits per heavy atom. The lowest BCUT2D eigenvalue weighted by atomic mass is 9.83. The van der Waals surface area contributed by atoms with Crippen LogP contribution in [0.5, 0.6) is 5.75 Å². The van der Waals surface area contributed by atoms with E-state index in [1.165, 1.54) is 0 Å². The molecule has 1 aliphatic rings. The highest BCUT2D eigenvalue weighted by Crippen LogP contribution is 2.44. The van der Waals surface area contributed by atoms with Crippen molar-refractivity contribution in [1.82, 2.24) is 4.57 Å². The van der Waals surface area contributed by atoms with Gasteiger partial charge in [-0.25, -0.2) is 0 Å². The number of rotatable bonds is 2. The number of fused-ring (bicyclic) bond motifs is 3. The van der Waals surface area contributed by atoms with Gasteiger partial charge in [0.25, 0.3) is 5.56 Å². The maximum Gasteiger partial charge on any atom is 0.259 e. The first kappa shape index (κ1) is 17.2. The molecule has 27 heavy (non-hydrogen) atoms. The predicted octanol–water partition coefficient (Wildman–Crippen LogP) is 3.89. The van der Waals surface area contributed by atoms with Crippen molar-refractivity contribution in [2.45, 2.75) is 19.4 Å². The molecule has 1 atom stereocenters. The third-order valence-corrected chi connectivity index (χ3v) is 5.21. The molecule has 2 N–H and O–H groups in total. The molecule has 0 bridgehead atoms. The van der Waals surface area contributed by atoms with Crippen molar-refractivity contribution >= 4 is 22.5 Å². The van der Waals surface area contributed by atoms with Crippen molar-refractivity contribution in [2.75, 3.05) is 0 Å². The Labute approximate surface area is 160 Å². The fourth-order valence-electron chi connectivity index (χ4n) is 3.67. The SMILES string of the molecule is CCn1c(=O)c2c(c3ccccc31)OC(N)=C(C#N)C2c1ccccc1Cl. The lowest BCUT2D eigenvalue weighted by Crippen LogP contribution is -2.32. The van der Waals surface area contributed by atoms with Crippen molar-refractivity contribution in [1.29, 1.82) is 5.26 Å². The minimum Gasteiger partial charge on any atom is -0.439 e. The molecule has 134 valence electrons.